The lowest BCUT2D eigenvalue weighted by molar-refractivity contribution is -0.137. The molecule has 1 aromatic carbocycles. The first-order valence-electron chi connectivity index (χ1n) is 6.46. The van der Waals surface area contributed by atoms with Crippen LogP contribution in [0, 0.1) is 0 Å². The summed E-state index contributed by atoms with van der Waals surface area (Å²) in [5, 5.41) is 12.6. The minimum atomic E-state index is -0.953. The highest BCUT2D eigenvalue weighted by Gasteiger charge is 2.34. The monoisotopic (exact) mass is 303 g/mol. The molecule has 0 unspecified atom stereocenters. The Balaban J connectivity index is 2.01. The minimum Gasteiger partial charge on any atom is -0.489 e. The largest absolute Gasteiger partial charge is 0.489 e. The SMILES string of the molecule is O=C(O)C[C@H]1COc2ccccc2N1C(=O)c1ccsc1. The van der Waals surface area contributed by atoms with Crippen molar-refractivity contribution in [2.45, 2.75) is 12.5 Å². The first-order chi connectivity index (χ1) is 10.2. The summed E-state index contributed by atoms with van der Waals surface area (Å²) in [6.07, 6.45) is -0.149. The number of carboxylic acid groups (broad SMARTS) is 1. The van der Waals surface area contributed by atoms with E-state index in [1.807, 2.05) is 11.4 Å². The molecule has 1 N–H and O–H groups in total. The Labute approximate surface area is 125 Å². The quantitative estimate of drug-likeness (QED) is 0.946. The molecule has 0 radical (unpaired) electrons. The topological polar surface area (TPSA) is 66.8 Å². The summed E-state index contributed by atoms with van der Waals surface area (Å²) < 4.78 is 5.58. The van der Waals surface area contributed by atoms with Crippen LogP contribution in [0.1, 0.15) is 16.8 Å². The molecule has 6 heteroatoms. The van der Waals surface area contributed by atoms with Crippen molar-refractivity contribution in [2.75, 3.05) is 11.5 Å². The van der Waals surface area contributed by atoms with Crippen molar-refractivity contribution in [3.05, 3.63) is 46.7 Å². The van der Waals surface area contributed by atoms with E-state index in [9.17, 15) is 9.59 Å². The molecular weight excluding hydrogens is 290 g/mol. The van der Waals surface area contributed by atoms with Crippen LogP contribution in [-0.4, -0.2) is 29.6 Å². The Hall–Kier alpha value is -2.34. The number of para-hydroxylation sites is 2. The first kappa shape index (κ1) is 13.6. The molecular formula is C15H13NO4S. The second-order valence-corrected chi connectivity index (χ2v) is 5.50. The average Bonchev–Trinajstić information content (AvgIpc) is 3.00. The number of anilines is 1. The zero-order valence-electron chi connectivity index (χ0n) is 11.1. The second-order valence-electron chi connectivity index (χ2n) is 4.72. The molecule has 2 heterocycles. The van der Waals surface area contributed by atoms with E-state index >= 15 is 0 Å². The van der Waals surface area contributed by atoms with E-state index in [2.05, 4.69) is 0 Å². The van der Waals surface area contributed by atoms with Crippen molar-refractivity contribution < 1.29 is 19.4 Å². The second kappa shape index (κ2) is 5.57. The van der Waals surface area contributed by atoms with Crippen LogP contribution in [0.2, 0.25) is 0 Å². The molecule has 0 bridgehead atoms. The Bertz CT molecular complexity index is 668. The van der Waals surface area contributed by atoms with Gasteiger partial charge in [0.05, 0.1) is 23.7 Å². The maximum Gasteiger partial charge on any atom is 0.305 e. The molecule has 5 nitrogen and oxygen atoms in total. The number of hydrogen-bond donors (Lipinski definition) is 1. The number of thiophene rings is 1. The van der Waals surface area contributed by atoms with Gasteiger partial charge in [-0.1, -0.05) is 12.1 Å². The fraction of sp³-hybridized carbons (Fsp3) is 0.200. The molecule has 108 valence electrons. The van der Waals surface area contributed by atoms with Crippen LogP contribution < -0.4 is 9.64 Å². The Morgan fingerprint density at radius 3 is 2.86 bits per heavy atom. The van der Waals surface area contributed by atoms with Crippen LogP contribution in [0.25, 0.3) is 0 Å². The van der Waals surface area contributed by atoms with E-state index in [1.54, 1.807) is 29.6 Å². The van der Waals surface area contributed by atoms with Gasteiger partial charge in [-0.3, -0.25) is 14.5 Å². The Morgan fingerprint density at radius 1 is 1.33 bits per heavy atom. The summed E-state index contributed by atoms with van der Waals surface area (Å²) in [6, 6.07) is 8.41. The van der Waals surface area contributed by atoms with E-state index in [1.165, 1.54) is 16.2 Å². The smallest absolute Gasteiger partial charge is 0.305 e. The summed E-state index contributed by atoms with van der Waals surface area (Å²) in [5.41, 5.74) is 1.18. The molecule has 0 saturated heterocycles. The third-order valence-electron chi connectivity index (χ3n) is 3.32. The standard InChI is InChI=1S/C15H13NO4S/c17-14(18)7-11-8-20-13-4-2-1-3-12(13)16(11)15(19)10-5-6-21-9-10/h1-6,9,11H,7-8H2,(H,17,18)/t11-/m0/s1. The maximum atomic E-state index is 12.7. The maximum absolute atomic E-state index is 12.7. The van der Waals surface area contributed by atoms with Gasteiger partial charge in [0, 0.05) is 5.38 Å². The fourth-order valence-electron chi connectivity index (χ4n) is 2.39. The van der Waals surface area contributed by atoms with Gasteiger partial charge >= 0.3 is 5.97 Å². The normalized spacial score (nSPS) is 17.0. The van der Waals surface area contributed by atoms with Gasteiger partial charge in [-0.2, -0.15) is 11.3 Å². The van der Waals surface area contributed by atoms with Crippen molar-refractivity contribution in [1.82, 2.24) is 0 Å². The summed E-state index contributed by atoms with van der Waals surface area (Å²) in [7, 11) is 0. The molecule has 21 heavy (non-hydrogen) atoms. The molecule has 1 atom stereocenters. The van der Waals surface area contributed by atoms with Gasteiger partial charge in [0.15, 0.2) is 0 Å². The van der Waals surface area contributed by atoms with Crippen LogP contribution in [-0.2, 0) is 4.79 Å². The molecule has 1 aliphatic heterocycles. The predicted octanol–water partition coefficient (Wildman–Crippen LogP) is 2.63. The Morgan fingerprint density at radius 2 is 2.14 bits per heavy atom. The number of carbonyl (C=O) groups is 2. The molecule has 2 aromatic rings. The number of fused-ring (bicyclic) bond motifs is 1. The van der Waals surface area contributed by atoms with Gasteiger partial charge in [0.2, 0.25) is 0 Å². The summed E-state index contributed by atoms with van der Waals surface area (Å²) in [6.45, 7) is 0.180. The van der Waals surface area contributed by atoms with Crippen LogP contribution >= 0.6 is 11.3 Å². The lowest BCUT2D eigenvalue weighted by Crippen LogP contribution is -2.47. The number of benzene rings is 1. The van der Waals surface area contributed by atoms with Gasteiger partial charge in [0.1, 0.15) is 12.4 Å². The van der Waals surface area contributed by atoms with Gasteiger partial charge < -0.3 is 9.84 Å². The number of aliphatic carboxylic acids is 1. The molecule has 0 spiro atoms. The number of hydrogen-bond acceptors (Lipinski definition) is 4. The minimum absolute atomic E-state index is 0.149. The van der Waals surface area contributed by atoms with Crippen molar-refractivity contribution in [3.8, 4) is 5.75 Å². The molecule has 3 rings (SSSR count). The molecule has 1 aliphatic rings. The third-order valence-corrected chi connectivity index (χ3v) is 4.00. The zero-order valence-corrected chi connectivity index (χ0v) is 11.9. The molecule has 1 amide bonds. The van der Waals surface area contributed by atoms with E-state index in [4.69, 9.17) is 9.84 Å². The summed E-state index contributed by atoms with van der Waals surface area (Å²) in [5.74, 6) is -0.549. The van der Waals surface area contributed by atoms with E-state index < -0.39 is 12.0 Å². The number of nitrogens with zero attached hydrogens (tertiary/aromatic N) is 1. The van der Waals surface area contributed by atoms with Crippen LogP contribution in [0.5, 0.6) is 5.75 Å². The van der Waals surface area contributed by atoms with Crippen LogP contribution in [0.4, 0.5) is 5.69 Å². The predicted molar refractivity (Wildman–Crippen MR) is 79.1 cm³/mol. The first-order valence-corrected chi connectivity index (χ1v) is 7.40. The van der Waals surface area contributed by atoms with Gasteiger partial charge in [-0.25, -0.2) is 0 Å². The van der Waals surface area contributed by atoms with Crippen LogP contribution in [0.3, 0.4) is 0 Å². The van der Waals surface area contributed by atoms with E-state index in [0.29, 0.717) is 17.0 Å². The number of rotatable bonds is 3. The van der Waals surface area contributed by atoms with E-state index in [0.717, 1.165) is 0 Å². The molecule has 0 aliphatic carbocycles. The number of ether oxygens (including phenoxy) is 1. The average molecular weight is 303 g/mol. The number of amides is 1. The highest BCUT2D eigenvalue weighted by atomic mass is 32.1. The van der Waals surface area contributed by atoms with Gasteiger partial charge in [-0.05, 0) is 23.6 Å². The van der Waals surface area contributed by atoms with Crippen molar-refractivity contribution in [3.63, 3.8) is 0 Å². The van der Waals surface area contributed by atoms with Crippen molar-refractivity contribution >= 4 is 28.9 Å². The summed E-state index contributed by atoms with van der Waals surface area (Å²) in [4.78, 5) is 25.3. The number of carbonyl (C=O) groups excluding carboxylic acids is 1. The lowest BCUT2D eigenvalue weighted by atomic mass is 10.1. The van der Waals surface area contributed by atoms with E-state index in [-0.39, 0.29) is 18.9 Å². The zero-order chi connectivity index (χ0) is 14.8. The number of carboxylic acids is 1. The fourth-order valence-corrected chi connectivity index (χ4v) is 3.02. The third kappa shape index (κ3) is 2.62. The highest BCUT2D eigenvalue weighted by Crippen LogP contribution is 2.35. The molecule has 1 aromatic heterocycles. The van der Waals surface area contributed by atoms with Crippen LogP contribution in [0.15, 0.2) is 41.1 Å². The molecule has 0 saturated carbocycles. The van der Waals surface area contributed by atoms with Crippen molar-refractivity contribution in [2.24, 2.45) is 0 Å². The lowest BCUT2D eigenvalue weighted by Gasteiger charge is -2.36. The highest BCUT2D eigenvalue weighted by molar-refractivity contribution is 7.08. The van der Waals surface area contributed by atoms with Gasteiger partial charge in [-0.15, -0.1) is 0 Å². The van der Waals surface area contributed by atoms with Gasteiger partial charge in [0.25, 0.3) is 5.91 Å². The van der Waals surface area contributed by atoms with Crippen molar-refractivity contribution in [1.29, 1.82) is 0 Å². The summed E-state index contributed by atoms with van der Waals surface area (Å²) >= 11 is 1.43. The Kier molecular flexibility index (Phi) is 3.62. The molecule has 0 fully saturated rings.